The number of carbonyl (C=O) groups excluding carboxylic acids is 1. The monoisotopic (exact) mass is 351 g/mol. The van der Waals surface area contributed by atoms with Crippen LogP contribution < -0.4 is 0 Å². The number of rotatable bonds is 5. The van der Waals surface area contributed by atoms with Crippen molar-refractivity contribution in [1.82, 2.24) is 4.90 Å². The van der Waals surface area contributed by atoms with Gasteiger partial charge in [0.05, 0.1) is 6.54 Å². The van der Waals surface area contributed by atoms with Gasteiger partial charge in [-0.2, -0.15) is 0 Å². The summed E-state index contributed by atoms with van der Waals surface area (Å²) in [5.74, 6) is 0.196. The molecule has 0 atom stereocenters. The van der Waals surface area contributed by atoms with Gasteiger partial charge in [0.25, 0.3) is 0 Å². The molecule has 0 aliphatic rings. The number of Topliss-reactive ketones (excluding diaryl/α,β-unsaturated/α-hetero) is 1. The van der Waals surface area contributed by atoms with Crippen molar-refractivity contribution in [2.45, 2.75) is 20.4 Å². The molecular formula is C16H18BrNOS. The molecule has 106 valence electrons. The lowest BCUT2D eigenvalue weighted by atomic mass is 10.1. The van der Waals surface area contributed by atoms with E-state index in [1.807, 2.05) is 45.2 Å². The molecule has 0 unspecified atom stereocenters. The molecule has 0 saturated carbocycles. The van der Waals surface area contributed by atoms with E-state index in [4.69, 9.17) is 0 Å². The van der Waals surface area contributed by atoms with Crippen LogP contribution in [0.25, 0.3) is 0 Å². The largest absolute Gasteiger partial charge is 0.295 e. The van der Waals surface area contributed by atoms with Crippen molar-refractivity contribution in [3.05, 3.63) is 55.7 Å². The summed E-state index contributed by atoms with van der Waals surface area (Å²) in [6.45, 7) is 5.26. The zero-order valence-electron chi connectivity index (χ0n) is 11.9. The van der Waals surface area contributed by atoms with E-state index < -0.39 is 0 Å². The third-order valence-corrected chi connectivity index (χ3v) is 4.89. The fourth-order valence-corrected chi connectivity index (χ4v) is 3.56. The zero-order valence-corrected chi connectivity index (χ0v) is 14.3. The molecule has 1 aromatic heterocycles. The number of ketones is 1. The summed E-state index contributed by atoms with van der Waals surface area (Å²) in [5, 5.41) is 0. The van der Waals surface area contributed by atoms with Gasteiger partial charge in [0, 0.05) is 26.3 Å². The molecule has 0 aliphatic heterocycles. The minimum Gasteiger partial charge on any atom is -0.295 e. The number of halogens is 1. The first-order valence-corrected chi connectivity index (χ1v) is 8.10. The first-order chi connectivity index (χ1) is 9.47. The maximum absolute atomic E-state index is 12.3. The highest BCUT2D eigenvalue weighted by molar-refractivity contribution is 9.10. The molecule has 2 aromatic rings. The van der Waals surface area contributed by atoms with Gasteiger partial charge in [0.2, 0.25) is 0 Å². The molecule has 1 aromatic carbocycles. The summed E-state index contributed by atoms with van der Waals surface area (Å²) in [4.78, 5) is 16.7. The van der Waals surface area contributed by atoms with Gasteiger partial charge in [-0.15, -0.1) is 11.3 Å². The summed E-state index contributed by atoms with van der Waals surface area (Å²) in [7, 11) is 1.98. The van der Waals surface area contributed by atoms with E-state index in [0.29, 0.717) is 6.54 Å². The van der Waals surface area contributed by atoms with Gasteiger partial charge < -0.3 is 0 Å². The van der Waals surface area contributed by atoms with Crippen molar-refractivity contribution in [3.63, 3.8) is 0 Å². The van der Waals surface area contributed by atoms with Crippen molar-refractivity contribution >= 4 is 33.0 Å². The Morgan fingerprint density at radius 1 is 1.30 bits per heavy atom. The van der Waals surface area contributed by atoms with Crippen LogP contribution in [0.15, 0.2) is 34.8 Å². The van der Waals surface area contributed by atoms with Crippen LogP contribution in [0.4, 0.5) is 0 Å². The topological polar surface area (TPSA) is 20.3 Å². The smallest absolute Gasteiger partial charge is 0.177 e. The summed E-state index contributed by atoms with van der Waals surface area (Å²) in [6, 6.07) is 10.1. The van der Waals surface area contributed by atoms with Gasteiger partial charge in [0.15, 0.2) is 5.78 Å². The van der Waals surface area contributed by atoms with Crippen molar-refractivity contribution in [2.75, 3.05) is 13.6 Å². The summed E-state index contributed by atoms with van der Waals surface area (Å²) < 4.78 is 1.09. The van der Waals surface area contributed by atoms with Crippen LogP contribution in [0.5, 0.6) is 0 Å². The average Bonchev–Trinajstić information content (AvgIpc) is 2.71. The molecular weight excluding hydrogens is 334 g/mol. The number of likely N-dealkylation sites (N-methyl/N-ethyl adjacent to an activating group) is 1. The number of carbonyl (C=O) groups is 1. The number of aryl methyl sites for hydroxylation is 2. The van der Waals surface area contributed by atoms with Crippen LogP contribution in [0.2, 0.25) is 0 Å². The molecule has 0 bridgehead atoms. The molecule has 0 N–H and O–H groups in total. The molecule has 2 rings (SSSR count). The van der Waals surface area contributed by atoms with Crippen molar-refractivity contribution < 1.29 is 4.79 Å². The summed E-state index contributed by atoms with van der Waals surface area (Å²) in [6.07, 6.45) is 0. The first-order valence-electron chi connectivity index (χ1n) is 6.49. The van der Waals surface area contributed by atoms with Crippen LogP contribution in [-0.4, -0.2) is 24.3 Å². The highest BCUT2D eigenvalue weighted by Crippen LogP contribution is 2.22. The predicted octanol–water partition coefficient (Wildman–Crippen LogP) is 4.44. The second kappa shape index (κ2) is 6.66. The minimum atomic E-state index is 0.196. The molecule has 2 nitrogen and oxygen atoms in total. The molecule has 4 heteroatoms. The lowest BCUT2D eigenvalue weighted by Gasteiger charge is -2.16. The third kappa shape index (κ3) is 3.78. The molecule has 0 spiro atoms. The van der Waals surface area contributed by atoms with E-state index >= 15 is 0 Å². The molecule has 0 radical (unpaired) electrons. The Morgan fingerprint density at radius 3 is 2.60 bits per heavy atom. The van der Waals surface area contributed by atoms with Crippen molar-refractivity contribution in [3.8, 4) is 0 Å². The second-order valence-electron chi connectivity index (χ2n) is 5.01. The standard InChI is InChI=1S/C16H18BrNOS/c1-11-8-14(12(2)20-11)16(19)10-18(3)9-13-6-4-5-7-15(13)17/h4-8H,9-10H2,1-3H3. The summed E-state index contributed by atoms with van der Waals surface area (Å²) in [5.41, 5.74) is 2.06. The molecule has 0 saturated heterocycles. The van der Waals surface area contributed by atoms with Gasteiger partial charge in [-0.05, 0) is 38.6 Å². The van der Waals surface area contributed by atoms with E-state index in [-0.39, 0.29) is 5.78 Å². The fourth-order valence-electron chi connectivity index (χ4n) is 2.21. The Balaban J connectivity index is 2.01. The van der Waals surface area contributed by atoms with Gasteiger partial charge in [0.1, 0.15) is 0 Å². The van der Waals surface area contributed by atoms with Crippen LogP contribution in [0.1, 0.15) is 25.7 Å². The molecule has 20 heavy (non-hydrogen) atoms. The first kappa shape index (κ1) is 15.4. The second-order valence-corrected chi connectivity index (χ2v) is 7.33. The molecule has 1 heterocycles. The number of nitrogens with zero attached hydrogens (tertiary/aromatic N) is 1. The quantitative estimate of drug-likeness (QED) is 0.742. The molecule has 0 amide bonds. The fraction of sp³-hybridized carbons (Fsp3) is 0.312. The normalized spacial score (nSPS) is 11.1. The minimum absolute atomic E-state index is 0.196. The van der Waals surface area contributed by atoms with Crippen LogP contribution in [0.3, 0.4) is 0 Å². The lowest BCUT2D eigenvalue weighted by Crippen LogP contribution is -2.25. The van der Waals surface area contributed by atoms with Gasteiger partial charge in [-0.1, -0.05) is 34.1 Å². The van der Waals surface area contributed by atoms with E-state index in [1.54, 1.807) is 11.3 Å². The third-order valence-electron chi connectivity index (χ3n) is 3.15. The Kier molecular flexibility index (Phi) is 5.13. The number of hydrogen-bond acceptors (Lipinski definition) is 3. The summed E-state index contributed by atoms with van der Waals surface area (Å²) >= 11 is 5.23. The van der Waals surface area contributed by atoms with E-state index in [2.05, 4.69) is 26.9 Å². The maximum Gasteiger partial charge on any atom is 0.177 e. The Labute approximate surface area is 132 Å². The SMILES string of the molecule is Cc1cc(C(=O)CN(C)Cc2ccccc2Br)c(C)s1. The van der Waals surface area contributed by atoms with Gasteiger partial charge in [-0.3, -0.25) is 9.69 Å². The van der Waals surface area contributed by atoms with Gasteiger partial charge >= 0.3 is 0 Å². The number of benzene rings is 1. The number of thiophene rings is 1. The van der Waals surface area contributed by atoms with E-state index in [9.17, 15) is 4.79 Å². The van der Waals surface area contributed by atoms with Crippen molar-refractivity contribution in [1.29, 1.82) is 0 Å². The maximum atomic E-state index is 12.3. The van der Waals surface area contributed by atoms with Crippen LogP contribution >= 0.6 is 27.3 Å². The lowest BCUT2D eigenvalue weighted by molar-refractivity contribution is 0.0943. The molecule has 0 fully saturated rings. The van der Waals surface area contributed by atoms with E-state index in [0.717, 1.165) is 21.5 Å². The highest BCUT2D eigenvalue weighted by atomic mass is 79.9. The van der Waals surface area contributed by atoms with Crippen LogP contribution in [-0.2, 0) is 6.54 Å². The Bertz CT molecular complexity index is 621. The molecule has 0 aliphatic carbocycles. The van der Waals surface area contributed by atoms with E-state index in [1.165, 1.54) is 10.4 Å². The van der Waals surface area contributed by atoms with Crippen molar-refractivity contribution in [2.24, 2.45) is 0 Å². The number of hydrogen-bond donors (Lipinski definition) is 0. The van der Waals surface area contributed by atoms with Gasteiger partial charge in [-0.25, -0.2) is 0 Å². The zero-order chi connectivity index (χ0) is 14.7. The average molecular weight is 352 g/mol. The van der Waals surface area contributed by atoms with Crippen LogP contribution in [0, 0.1) is 13.8 Å². The predicted molar refractivity (Wildman–Crippen MR) is 88.6 cm³/mol. The Morgan fingerprint density at radius 2 is 2.00 bits per heavy atom. The highest BCUT2D eigenvalue weighted by Gasteiger charge is 2.14. The Hall–Kier alpha value is -0.970.